The number of aromatic nitrogens is 2. The molecule has 0 aliphatic carbocycles. The van der Waals surface area contributed by atoms with Crippen LogP contribution in [-0.4, -0.2) is 14.9 Å². The van der Waals surface area contributed by atoms with Crippen LogP contribution in [0.25, 0.3) is 10.8 Å². The van der Waals surface area contributed by atoms with Gasteiger partial charge in [0.25, 0.3) is 0 Å². The molecule has 0 unspecified atom stereocenters. The summed E-state index contributed by atoms with van der Waals surface area (Å²) in [5.74, 6) is 0. The van der Waals surface area contributed by atoms with E-state index in [9.17, 15) is 0 Å². The fraction of sp³-hybridized carbons (Fsp3) is 0.167. The molecular weight excluding hydrogens is 330 g/mol. The molecule has 3 nitrogen and oxygen atoms in total. The number of nitrogens with zero attached hydrogens (tertiary/aromatic N) is 3. The highest BCUT2D eigenvalue weighted by atomic mass is 15.2. The van der Waals surface area contributed by atoms with Crippen LogP contribution < -0.4 is 0 Å². The van der Waals surface area contributed by atoms with Gasteiger partial charge in [-0.05, 0) is 53.6 Å². The first kappa shape index (κ1) is 17.4. The molecule has 0 saturated heterocycles. The van der Waals surface area contributed by atoms with Crippen molar-refractivity contribution in [3.8, 4) is 0 Å². The number of benzene rings is 2. The zero-order chi connectivity index (χ0) is 18.5. The first-order chi connectivity index (χ1) is 13.3. The molecule has 2 heterocycles. The standard InChI is InChI=1S/C24H23N3/c1-19(21-13-12-20-8-2-3-9-22(20)16-21)27(17-23-10-4-6-14-25-23)18-24-11-5-7-15-26-24/h2-16,19H,17-18H2,1H3/t19-/m1/s1. The molecule has 0 saturated carbocycles. The molecule has 0 amide bonds. The second-order valence-electron chi connectivity index (χ2n) is 6.83. The van der Waals surface area contributed by atoms with Gasteiger partial charge in [-0.2, -0.15) is 0 Å². The van der Waals surface area contributed by atoms with Crippen molar-refractivity contribution in [2.75, 3.05) is 0 Å². The fourth-order valence-corrected chi connectivity index (χ4v) is 3.41. The smallest absolute Gasteiger partial charge is 0.0544 e. The number of fused-ring (bicyclic) bond motifs is 1. The Morgan fingerprint density at radius 1 is 0.704 bits per heavy atom. The van der Waals surface area contributed by atoms with Crippen LogP contribution in [-0.2, 0) is 13.1 Å². The summed E-state index contributed by atoms with van der Waals surface area (Å²) < 4.78 is 0. The summed E-state index contributed by atoms with van der Waals surface area (Å²) in [5, 5.41) is 2.55. The fourth-order valence-electron chi connectivity index (χ4n) is 3.41. The van der Waals surface area contributed by atoms with Gasteiger partial charge >= 0.3 is 0 Å². The van der Waals surface area contributed by atoms with Crippen molar-refractivity contribution in [1.29, 1.82) is 0 Å². The molecule has 2 aromatic heterocycles. The Kier molecular flexibility index (Phi) is 5.22. The molecule has 0 spiro atoms. The summed E-state index contributed by atoms with van der Waals surface area (Å²) in [5.41, 5.74) is 3.45. The summed E-state index contributed by atoms with van der Waals surface area (Å²) in [6.07, 6.45) is 3.71. The van der Waals surface area contributed by atoms with Gasteiger partial charge in [0.05, 0.1) is 11.4 Å². The minimum Gasteiger partial charge on any atom is -0.285 e. The highest BCUT2D eigenvalue weighted by molar-refractivity contribution is 5.83. The van der Waals surface area contributed by atoms with E-state index in [1.807, 2.05) is 36.7 Å². The van der Waals surface area contributed by atoms with Crippen molar-refractivity contribution in [3.05, 3.63) is 108 Å². The maximum atomic E-state index is 4.52. The normalized spacial score (nSPS) is 12.4. The Bertz CT molecular complexity index is 958. The first-order valence-corrected chi connectivity index (χ1v) is 9.32. The largest absolute Gasteiger partial charge is 0.285 e. The van der Waals surface area contributed by atoms with Crippen molar-refractivity contribution in [2.24, 2.45) is 0 Å². The Morgan fingerprint density at radius 3 is 1.89 bits per heavy atom. The second kappa shape index (κ2) is 8.11. The Balaban J connectivity index is 1.64. The van der Waals surface area contributed by atoms with Gasteiger partial charge in [-0.15, -0.1) is 0 Å². The van der Waals surface area contributed by atoms with Crippen LogP contribution in [0.15, 0.2) is 91.3 Å². The van der Waals surface area contributed by atoms with Crippen LogP contribution in [0.1, 0.15) is 29.9 Å². The van der Waals surface area contributed by atoms with Gasteiger partial charge in [0, 0.05) is 31.5 Å². The Hall–Kier alpha value is -3.04. The van der Waals surface area contributed by atoms with Crippen LogP contribution in [0.3, 0.4) is 0 Å². The SMILES string of the molecule is C[C@H](c1ccc2ccccc2c1)N(Cc1ccccn1)Cc1ccccn1. The van der Waals surface area contributed by atoms with E-state index in [1.54, 1.807) is 0 Å². The topological polar surface area (TPSA) is 29.0 Å². The van der Waals surface area contributed by atoms with Gasteiger partial charge in [-0.3, -0.25) is 14.9 Å². The number of rotatable bonds is 6. The van der Waals surface area contributed by atoms with Crippen molar-refractivity contribution in [2.45, 2.75) is 26.1 Å². The lowest BCUT2D eigenvalue weighted by Gasteiger charge is -2.29. The van der Waals surface area contributed by atoms with E-state index in [2.05, 4.69) is 76.4 Å². The number of hydrogen-bond donors (Lipinski definition) is 0. The lowest BCUT2D eigenvalue weighted by Crippen LogP contribution is -2.27. The van der Waals surface area contributed by atoms with Crippen molar-refractivity contribution in [1.82, 2.24) is 14.9 Å². The van der Waals surface area contributed by atoms with Gasteiger partial charge in [-0.1, -0.05) is 48.5 Å². The zero-order valence-electron chi connectivity index (χ0n) is 15.5. The lowest BCUT2D eigenvalue weighted by molar-refractivity contribution is 0.187. The van der Waals surface area contributed by atoms with Crippen LogP contribution in [0.5, 0.6) is 0 Å². The molecule has 0 bridgehead atoms. The minimum atomic E-state index is 0.249. The van der Waals surface area contributed by atoms with Crippen molar-refractivity contribution in [3.63, 3.8) is 0 Å². The van der Waals surface area contributed by atoms with Crippen molar-refractivity contribution >= 4 is 10.8 Å². The highest BCUT2D eigenvalue weighted by Crippen LogP contribution is 2.27. The van der Waals surface area contributed by atoms with Gasteiger partial charge in [0.2, 0.25) is 0 Å². The molecule has 0 fully saturated rings. The summed E-state index contributed by atoms with van der Waals surface area (Å²) >= 11 is 0. The molecule has 4 rings (SSSR count). The van der Waals surface area contributed by atoms with E-state index in [0.29, 0.717) is 0 Å². The van der Waals surface area contributed by atoms with E-state index in [-0.39, 0.29) is 6.04 Å². The molecule has 134 valence electrons. The number of hydrogen-bond acceptors (Lipinski definition) is 3. The molecule has 4 aromatic rings. The van der Waals surface area contributed by atoms with Crippen LogP contribution in [0, 0.1) is 0 Å². The van der Waals surface area contributed by atoms with E-state index >= 15 is 0 Å². The van der Waals surface area contributed by atoms with E-state index in [4.69, 9.17) is 0 Å². The summed E-state index contributed by atoms with van der Waals surface area (Å²) in [4.78, 5) is 11.5. The molecule has 0 N–H and O–H groups in total. The Labute approximate surface area is 160 Å². The third kappa shape index (κ3) is 4.21. The van der Waals surface area contributed by atoms with Crippen LogP contribution in [0.2, 0.25) is 0 Å². The predicted octanol–water partition coefficient (Wildman–Crippen LogP) is 5.39. The average molecular weight is 353 g/mol. The van der Waals surface area contributed by atoms with Crippen molar-refractivity contribution < 1.29 is 0 Å². The van der Waals surface area contributed by atoms with Gasteiger partial charge in [-0.25, -0.2) is 0 Å². The molecule has 0 aliphatic rings. The molecule has 0 aliphatic heterocycles. The van der Waals surface area contributed by atoms with Gasteiger partial charge in [0.1, 0.15) is 0 Å². The first-order valence-electron chi connectivity index (χ1n) is 9.32. The quantitative estimate of drug-likeness (QED) is 0.465. The average Bonchev–Trinajstić information content (AvgIpc) is 2.74. The lowest BCUT2D eigenvalue weighted by atomic mass is 10.0. The van der Waals surface area contributed by atoms with Crippen LogP contribution >= 0.6 is 0 Å². The zero-order valence-corrected chi connectivity index (χ0v) is 15.5. The predicted molar refractivity (Wildman–Crippen MR) is 110 cm³/mol. The van der Waals surface area contributed by atoms with Gasteiger partial charge in [0.15, 0.2) is 0 Å². The maximum absolute atomic E-state index is 4.52. The molecule has 27 heavy (non-hydrogen) atoms. The molecular formula is C24H23N3. The summed E-state index contributed by atoms with van der Waals surface area (Å²) in [6, 6.07) is 27.7. The number of pyridine rings is 2. The monoisotopic (exact) mass is 353 g/mol. The van der Waals surface area contributed by atoms with E-state index in [0.717, 1.165) is 24.5 Å². The van der Waals surface area contributed by atoms with E-state index < -0.39 is 0 Å². The van der Waals surface area contributed by atoms with Gasteiger partial charge < -0.3 is 0 Å². The van der Waals surface area contributed by atoms with E-state index in [1.165, 1.54) is 16.3 Å². The minimum absolute atomic E-state index is 0.249. The summed E-state index contributed by atoms with van der Waals surface area (Å²) in [6.45, 7) is 3.83. The molecule has 2 aromatic carbocycles. The highest BCUT2D eigenvalue weighted by Gasteiger charge is 2.18. The molecule has 1 atom stereocenters. The molecule has 0 radical (unpaired) electrons. The second-order valence-corrected chi connectivity index (χ2v) is 6.83. The maximum Gasteiger partial charge on any atom is 0.0544 e. The third-order valence-electron chi connectivity index (χ3n) is 4.99. The van der Waals surface area contributed by atoms with Crippen LogP contribution in [0.4, 0.5) is 0 Å². The Morgan fingerprint density at radius 2 is 1.30 bits per heavy atom. The third-order valence-corrected chi connectivity index (χ3v) is 4.99. The summed E-state index contributed by atoms with van der Waals surface area (Å²) in [7, 11) is 0. The molecule has 3 heteroatoms.